The van der Waals surface area contributed by atoms with Crippen LogP contribution in [0.2, 0.25) is 5.02 Å². The Labute approximate surface area is 170 Å². The van der Waals surface area contributed by atoms with Crippen molar-refractivity contribution in [1.29, 1.82) is 0 Å². The van der Waals surface area contributed by atoms with Gasteiger partial charge in [-0.3, -0.25) is 9.59 Å². The smallest absolute Gasteiger partial charge is 0.267 e. The highest BCUT2D eigenvalue weighted by Crippen LogP contribution is 2.33. The number of aromatic hydroxyl groups is 1. The number of halogens is 1. The molecule has 0 radical (unpaired) electrons. The van der Waals surface area contributed by atoms with Crippen LogP contribution in [0.5, 0.6) is 5.75 Å². The first-order chi connectivity index (χ1) is 13.4. The molecule has 0 atom stereocenters. The summed E-state index contributed by atoms with van der Waals surface area (Å²) in [6.45, 7) is 13.6. The number of benzene rings is 1. The number of carbonyl (C=O) groups is 1. The van der Waals surface area contributed by atoms with Crippen molar-refractivity contribution in [2.24, 2.45) is 7.05 Å². The second-order valence-corrected chi connectivity index (χ2v) is 6.12. The number of aryl methyl sites for hydroxylation is 1. The van der Waals surface area contributed by atoms with Gasteiger partial charge < -0.3 is 14.6 Å². The van der Waals surface area contributed by atoms with Crippen molar-refractivity contribution in [1.82, 2.24) is 9.47 Å². The average Bonchev–Trinajstić information content (AvgIpc) is 2.70. The summed E-state index contributed by atoms with van der Waals surface area (Å²) in [6.07, 6.45) is 5.31. The fourth-order valence-electron chi connectivity index (χ4n) is 2.82. The third-order valence-corrected chi connectivity index (χ3v) is 4.38. The van der Waals surface area contributed by atoms with Gasteiger partial charge in [-0.05, 0) is 30.7 Å². The molecule has 1 aromatic heterocycles. The van der Waals surface area contributed by atoms with Crippen molar-refractivity contribution < 1.29 is 9.90 Å². The SMILES string of the molecule is C=C/C=C(\C=C)N(CCC)C(=O)c1c(O)c2c(Cl)cccc2n(C)c1=O.CC. The van der Waals surface area contributed by atoms with Gasteiger partial charge in [-0.1, -0.05) is 57.7 Å². The van der Waals surface area contributed by atoms with E-state index in [9.17, 15) is 14.7 Å². The van der Waals surface area contributed by atoms with Gasteiger partial charge in [0.05, 0.1) is 15.9 Å². The molecule has 1 heterocycles. The van der Waals surface area contributed by atoms with E-state index in [2.05, 4.69) is 13.2 Å². The molecule has 0 fully saturated rings. The van der Waals surface area contributed by atoms with Gasteiger partial charge in [0, 0.05) is 19.3 Å². The summed E-state index contributed by atoms with van der Waals surface area (Å²) in [7, 11) is 1.54. The van der Waals surface area contributed by atoms with Crippen molar-refractivity contribution in [2.45, 2.75) is 27.2 Å². The minimum atomic E-state index is -0.611. The van der Waals surface area contributed by atoms with Crippen LogP contribution in [-0.4, -0.2) is 27.0 Å². The van der Waals surface area contributed by atoms with Gasteiger partial charge in [-0.25, -0.2) is 0 Å². The first-order valence-corrected chi connectivity index (χ1v) is 9.53. The molecule has 0 bridgehead atoms. The van der Waals surface area contributed by atoms with Crippen LogP contribution in [0.4, 0.5) is 0 Å². The predicted octanol–water partition coefficient (Wildman–Crippen LogP) is 5.03. The second kappa shape index (κ2) is 10.5. The Kier molecular flexibility index (Phi) is 8.74. The van der Waals surface area contributed by atoms with Gasteiger partial charge in [0.15, 0.2) is 0 Å². The van der Waals surface area contributed by atoms with Crippen molar-refractivity contribution in [3.05, 3.63) is 76.2 Å². The monoisotopic (exact) mass is 402 g/mol. The molecule has 1 amide bonds. The van der Waals surface area contributed by atoms with E-state index in [1.807, 2.05) is 20.8 Å². The number of amides is 1. The van der Waals surface area contributed by atoms with E-state index < -0.39 is 17.2 Å². The summed E-state index contributed by atoms with van der Waals surface area (Å²) in [5.41, 5.74) is 0.0282. The van der Waals surface area contributed by atoms with E-state index in [1.54, 1.807) is 24.3 Å². The molecule has 0 saturated carbocycles. The molecular formula is C22H27ClN2O3. The van der Waals surface area contributed by atoms with Crippen LogP contribution in [0.15, 0.2) is 60.1 Å². The summed E-state index contributed by atoms with van der Waals surface area (Å²) in [4.78, 5) is 27.3. The first-order valence-electron chi connectivity index (χ1n) is 9.16. The van der Waals surface area contributed by atoms with Crippen LogP contribution < -0.4 is 5.56 Å². The van der Waals surface area contributed by atoms with E-state index in [1.165, 1.54) is 28.7 Å². The maximum absolute atomic E-state index is 13.1. The molecule has 5 nitrogen and oxygen atoms in total. The van der Waals surface area contributed by atoms with E-state index in [0.717, 1.165) is 0 Å². The van der Waals surface area contributed by atoms with Crippen LogP contribution in [0.25, 0.3) is 10.9 Å². The third-order valence-electron chi connectivity index (χ3n) is 4.06. The molecule has 0 aliphatic heterocycles. The number of fused-ring (bicyclic) bond motifs is 1. The molecule has 0 aliphatic carbocycles. The van der Waals surface area contributed by atoms with Gasteiger partial charge in [0.2, 0.25) is 0 Å². The summed E-state index contributed by atoms with van der Waals surface area (Å²) in [6, 6.07) is 4.93. The van der Waals surface area contributed by atoms with E-state index >= 15 is 0 Å². The lowest BCUT2D eigenvalue weighted by Gasteiger charge is -2.24. The zero-order valence-corrected chi connectivity index (χ0v) is 17.6. The maximum Gasteiger partial charge on any atom is 0.267 e. The Bertz CT molecular complexity index is 974. The van der Waals surface area contributed by atoms with Crippen LogP contribution >= 0.6 is 11.6 Å². The zero-order chi connectivity index (χ0) is 21.4. The lowest BCUT2D eigenvalue weighted by molar-refractivity contribution is 0.0806. The Morgan fingerprint density at radius 3 is 2.50 bits per heavy atom. The molecule has 2 aromatic rings. The minimum Gasteiger partial charge on any atom is -0.506 e. The Morgan fingerprint density at radius 2 is 1.96 bits per heavy atom. The number of allylic oxidation sites excluding steroid dienone is 3. The molecule has 1 aromatic carbocycles. The molecule has 2 rings (SSSR count). The molecule has 150 valence electrons. The van der Waals surface area contributed by atoms with Crippen LogP contribution in [0, 0.1) is 0 Å². The van der Waals surface area contributed by atoms with Crippen LogP contribution in [0.1, 0.15) is 37.6 Å². The number of aromatic nitrogens is 1. The molecule has 28 heavy (non-hydrogen) atoms. The third kappa shape index (κ3) is 4.37. The number of nitrogens with zero attached hydrogens (tertiary/aromatic N) is 2. The minimum absolute atomic E-state index is 0.261. The summed E-state index contributed by atoms with van der Waals surface area (Å²) >= 11 is 6.20. The number of hydrogen-bond acceptors (Lipinski definition) is 3. The lowest BCUT2D eigenvalue weighted by atomic mass is 10.1. The number of carbonyl (C=O) groups excluding carboxylic acids is 1. The number of hydrogen-bond donors (Lipinski definition) is 1. The van der Waals surface area contributed by atoms with E-state index in [-0.39, 0.29) is 16.0 Å². The van der Waals surface area contributed by atoms with Crippen molar-refractivity contribution in [2.75, 3.05) is 6.54 Å². The molecule has 0 spiro atoms. The maximum atomic E-state index is 13.1. The van der Waals surface area contributed by atoms with Gasteiger partial charge in [0.25, 0.3) is 11.5 Å². The van der Waals surface area contributed by atoms with Crippen molar-refractivity contribution >= 4 is 28.4 Å². The van der Waals surface area contributed by atoms with Crippen LogP contribution in [0.3, 0.4) is 0 Å². The van der Waals surface area contributed by atoms with Crippen LogP contribution in [-0.2, 0) is 7.05 Å². The molecule has 0 unspecified atom stereocenters. The largest absolute Gasteiger partial charge is 0.506 e. The van der Waals surface area contributed by atoms with Gasteiger partial charge in [-0.2, -0.15) is 0 Å². The molecule has 0 aliphatic rings. The lowest BCUT2D eigenvalue weighted by Crippen LogP contribution is -2.36. The molecule has 0 saturated heterocycles. The summed E-state index contributed by atoms with van der Waals surface area (Å²) < 4.78 is 1.31. The second-order valence-electron chi connectivity index (χ2n) is 5.71. The van der Waals surface area contributed by atoms with E-state index in [0.29, 0.717) is 24.2 Å². The summed E-state index contributed by atoms with van der Waals surface area (Å²) in [5.74, 6) is -1.03. The predicted molar refractivity (Wildman–Crippen MR) is 117 cm³/mol. The van der Waals surface area contributed by atoms with E-state index in [4.69, 9.17) is 11.6 Å². The Hall–Kier alpha value is -2.79. The number of pyridine rings is 1. The number of rotatable bonds is 6. The fraction of sp³-hybridized carbons (Fsp3) is 0.273. The first kappa shape index (κ1) is 23.2. The van der Waals surface area contributed by atoms with Gasteiger partial charge in [0.1, 0.15) is 11.3 Å². The molecule has 6 heteroatoms. The average molecular weight is 403 g/mol. The molecule has 1 N–H and O–H groups in total. The highest BCUT2D eigenvalue weighted by molar-refractivity contribution is 6.36. The Morgan fingerprint density at radius 1 is 1.32 bits per heavy atom. The standard InChI is InChI=1S/C20H21ClN2O3.C2H6/c1-5-9-13(7-3)23(12-6-2)20(26)17-18(24)16-14(21)10-8-11-15(16)22(4)19(17)25;1-2/h5,7-11,24H,1,3,6,12H2,2,4H3;1-2H3/b13-9+;. The van der Waals surface area contributed by atoms with Gasteiger partial charge >= 0.3 is 0 Å². The highest BCUT2D eigenvalue weighted by Gasteiger charge is 2.27. The van der Waals surface area contributed by atoms with Crippen molar-refractivity contribution in [3.63, 3.8) is 0 Å². The zero-order valence-electron chi connectivity index (χ0n) is 16.8. The van der Waals surface area contributed by atoms with Gasteiger partial charge in [-0.15, -0.1) is 0 Å². The Balaban J connectivity index is 0.00000190. The molecular weight excluding hydrogens is 376 g/mol. The normalized spacial score (nSPS) is 10.8. The topological polar surface area (TPSA) is 62.5 Å². The van der Waals surface area contributed by atoms with Crippen molar-refractivity contribution in [3.8, 4) is 5.75 Å². The highest BCUT2D eigenvalue weighted by atomic mass is 35.5. The quantitative estimate of drug-likeness (QED) is 0.689. The fourth-order valence-corrected chi connectivity index (χ4v) is 3.08. The summed E-state index contributed by atoms with van der Waals surface area (Å²) in [5, 5.41) is 11.2.